The average molecular weight is 335 g/mol. The molecule has 1 saturated heterocycles. The summed E-state index contributed by atoms with van der Waals surface area (Å²) in [5.74, 6) is 0.916. The van der Waals surface area contributed by atoms with Crippen molar-refractivity contribution >= 4 is 41.7 Å². The summed E-state index contributed by atoms with van der Waals surface area (Å²) in [5, 5.41) is 6.99. The minimum absolute atomic E-state index is 0. The van der Waals surface area contributed by atoms with Crippen LogP contribution in [0.5, 0.6) is 0 Å². The third kappa shape index (κ3) is 4.85. The van der Waals surface area contributed by atoms with Crippen LogP contribution < -0.4 is 10.6 Å². The van der Waals surface area contributed by atoms with Crippen molar-refractivity contribution in [1.82, 2.24) is 10.6 Å². The van der Waals surface area contributed by atoms with E-state index in [0.29, 0.717) is 10.6 Å². The van der Waals surface area contributed by atoms with Gasteiger partial charge in [-0.25, -0.2) is 0 Å². The predicted octanol–water partition coefficient (Wildman–Crippen LogP) is 3.36. The Kier molecular flexibility index (Phi) is 7.74. The first kappa shape index (κ1) is 17.6. The maximum Gasteiger partial charge on any atom is 0.252 e. The molecule has 20 heavy (non-hydrogen) atoms. The van der Waals surface area contributed by atoms with Gasteiger partial charge in [0.1, 0.15) is 0 Å². The summed E-state index contributed by atoms with van der Waals surface area (Å²) >= 11 is 7.67. The summed E-state index contributed by atoms with van der Waals surface area (Å²) in [6.07, 6.45) is 2.15. The van der Waals surface area contributed by atoms with E-state index in [9.17, 15) is 4.79 Å². The van der Waals surface area contributed by atoms with Gasteiger partial charge in [0.15, 0.2) is 0 Å². The van der Waals surface area contributed by atoms with Gasteiger partial charge in [0.2, 0.25) is 0 Å². The van der Waals surface area contributed by atoms with Crippen molar-refractivity contribution in [1.29, 1.82) is 0 Å². The second-order valence-electron chi connectivity index (χ2n) is 4.59. The first-order chi connectivity index (χ1) is 9.20. The summed E-state index contributed by atoms with van der Waals surface area (Å²) < 4.78 is 0. The Hall–Kier alpha value is -0.420. The van der Waals surface area contributed by atoms with Crippen molar-refractivity contribution in [3.8, 4) is 0 Å². The molecule has 0 radical (unpaired) electrons. The molecule has 0 aromatic heterocycles. The molecule has 0 saturated carbocycles. The Morgan fingerprint density at radius 1 is 1.55 bits per heavy atom. The second-order valence-corrected chi connectivity index (χ2v) is 6.33. The molecule has 1 aromatic rings. The monoisotopic (exact) mass is 334 g/mol. The molecule has 1 amide bonds. The highest BCUT2D eigenvalue weighted by atomic mass is 35.5. The Morgan fingerprint density at radius 3 is 3.00 bits per heavy atom. The van der Waals surface area contributed by atoms with Crippen LogP contribution in [0.1, 0.15) is 30.1 Å². The molecular formula is C14H20Cl2N2OS. The third-order valence-corrected chi connectivity index (χ3v) is 4.31. The van der Waals surface area contributed by atoms with Crippen molar-refractivity contribution in [3.63, 3.8) is 0 Å². The van der Waals surface area contributed by atoms with Gasteiger partial charge in [-0.3, -0.25) is 4.79 Å². The van der Waals surface area contributed by atoms with Gasteiger partial charge in [-0.1, -0.05) is 18.5 Å². The summed E-state index contributed by atoms with van der Waals surface area (Å²) in [4.78, 5) is 13.3. The summed E-state index contributed by atoms with van der Waals surface area (Å²) in [7, 11) is 0. The molecule has 6 heteroatoms. The molecule has 1 aliphatic rings. The number of benzene rings is 1. The van der Waals surface area contributed by atoms with E-state index in [2.05, 4.69) is 17.6 Å². The lowest BCUT2D eigenvalue weighted by atomic mass is 10.1. The van der Waals surface area contributed by atoms with Crippen molar-refractivity contribution in [2.24, 2.45) is 0 Å². The summed E-state index contributed by atoms with van der Waals surface area (Å²) in [6.45, 7) is 3.97. The van der Waals surface area contributed by atoms with Gasteiger partial charge < -0.3 is 10.6 Å². The van der Waals surface area contributed by atoms with Crippen molar-refractivity contribution < 1.29 is 4.79 Å². The van der Waals surface area contributed by atoms with Gasteiger partial charge >= 0.3 is 0 Å². The van der Waals surface area contributed by atoms with E-state index in [-0.39, 0.29) is 24.4 Å². The lowest BCUT2D eigenvalue weighted by Gasteiger charge is -2.24. The lowest BCUT2D eigenvalue weighted by molar-refractivity contribution is 0.0927. The van der Waals surface area contributed by atoms with E-state index < -0.39 is 0 Å². The Balaban J connectivity index is 0.00000200. The highest BCUT2D eigenvalue weighted by Gasteiger charge is 2.18. The van der Waals surface area contributed by atoms with Crippen LogP contribution in [0.25, 0.3) is 0 Å². The summed E-state index contributed by atoms with van der Waals surface area (Å²) in [5.41, 5.74) is 0.685. The molecule has 0 bridgehead atoms. The molecule has 1 heterocycles. The molecule has 2 rings (SSSR count). The average Bonchev–Trinajstić information content (AvgIpc) is 2.42. The fourth-order valence-corrected chi connectivity index (χ4v) is 3.15. The smallest absolute Gasteiger partial charge is 0.252 e. The molecule has 2 N–H and O–H groups in total. The molecule has 112 valence electrons. The highest BCUT2D eigenvalue weighted by Crippen LogP contribution is 2.25. The zero-order valence-electron chi connectivity index (χ0n) is 11.4. The number of hydrogen-bond acceptors (Lipinski definition) is 3. The maximum absolute atomic E-state index is 12.3. The van der Waals surface area contributed by atoms with E-state index in [1.165, 1.54) is 0 Å². The fraction of sp³-hybridized carbons (Fsp3) is 0.500. The van der Waals surface area contributed by atoms with E-state index in [0.717, 1.165) is 36.6 Å². The fourth-order valence-electron chi connectivity index (χ4n) is 2.20. The SMILES string of the molecule is CCSc1ccc(Cl)cc1C(=O)NC1CCCNC1.Cl. The van der Waals surface area contributed by atoms with Gasteiger partial charge in [0.25, 0.3) is 5.91 Å². The molecular weight excluding hydrogens is 315 g/mol. The van der Waals surface area contributed by atoms with Crippen LogP contribution in [-0.4, -0.2) is 30.8 Å². The lowest BCUT2D eigenvalue weighted by Crippen LogP contribution is -2.45. The third-order valence-electron chi connectivity index (χ3n) is 3.12. The Labute approximate surface area is 135 Å². The zero-order chi connectivity index (χ0) is 13.7. The van der Waals surface area contributed by atoms with Gasteiger partial charge in [-0.15, -0.1) is 24.2 Å². The molecule has 1 aliphatic heterocycles. The quantitative estimate of drug-likeness (QED) is 0.829. The number of halogens is 2. The normalized spacial score (nSPS) is 18.2. The van der Waals surface area contributed by atoms with Crippen LogP contribution in [0.15, 0.2) is 23.1 Å². The van der Waals surface area contributed by atoms with E-state index in [4.69, 9.17) is 11.6 Å². The van der Waals surface area contributed by atoms with Crippen LogP contribution in [0.2, 0.25) is 5.02 Å². The molecule has 1 aromatic carbocycles. The van der Waals surface area contributed by atoms with Crippen molar-refractivity contribution in [3.05, 3.63) is 28.8 Å². The zero-order valence-corrected chi connectivity index (χ0v) is 13.8. The summed E-state index contributed by atoms with van der Waals surface area (Å²) in [6, 6.07) is 5.73. The number of amides is 1. The van der Waals surface area contributed by atoms with Gasteiger partial charge in [0, 0.05) is 22.5 Å². The Morgan fingerprint density at radius 2 is 2.35 bits per heavy atom. The number of carbonyl (C=O) groups is 1. The topological polar surface area (TPSA) is 41.1 Å². The van der Waals surface area contributed by atoms with E-state index in [1.807, 2.05) is 12.1 Å². The molecule has 1 atom stereocenters. The number of thioether (sulfide) groups is 1. The highest BCUT2D eigenvalue weighted by molar-refractivity contribution is 7.99. The number of hydrogen-bond donors (Lipinski definition) is 2. The minimum Gasteiger partial charge on any atom is -0.348 e. The number of carbonyl (C=O) groups excluding carboxylic acids is 1. The Bertz CT molecular complexity index is 451. The van der Waals surface area contributed by atoms with Crippen LogP contribution in [0.3, 0.4) is 0 Å². The van der Waals surface area contributed by atoms with E-state index >= 15 is 0 Å². The number of piperidine rings is 1. The minimum atomic E-state index is -0.0212. The van der Waals surface area contributed by atoms with E-state index in [1.54, 1.807) is 17.8 Å². The first-order valence-corrected chi connectivity index (χ1v) is 8.01. The van der Waals surface area contributed by atoms with Gasteiger partial charge in [-0.05, 0) is 43.3 Å². The van der Waals surface area contributed by atoms with Crippen LogP contribution in [0, 0.1) is 0 Å². The van der Waals surface area contributed by atoms with Gasteiger partial charge in [-0.2, -0.15) is 0 Å². The number of rotatable bonds is 4. The van der Waals surface area contributed by atoms with Crippen molar-refractivity contribution in [2.75, 3.05) is 18.8 Å². The predicted molar refractivity (Wildman–Crippen MR) is 88.5 cm³/mol. The number of nitrogens with one attached hydrogen (secondary N) is 2. The largest absolute Gasteiger partial charge is 0.348 e. The molecule has 1 unspecified atom stereocenters. The molecule has 0 spiro atoms. The van der Waals surface area contributed by atoms with Crippen molar-refractivity contribution in [2.45, 2.75) is 30.7 Å². The maximum atomic E-state index is 12.3. The van der Waals surface area contributed by atoms with Crippen LogP contribution in [0.4, 0.5) is 0 Å². The molecule has 1 fully saturated rings. The van der Waals surface area contributed by atoms with Crippen LogP contribution in [-0.2, 0) is 0 Å². The second kappa shape index (κ2) is 8.78. The first-order valence-electron chi connectivity index (χ1n) is 6.64. The molecule has 3 nitrogen and oxygen atoms in total. The van der Waals surface area contributed by atoms with Gasteiger partial charge in [0.05, 0.1) is 5.56 Å². The standard InChI is InChI=1S/C14H19ClN2OS.ClH/c1-2-19-13-6-5-10(15)8-12(13)14(18)17-11-4-3-7-16-9-11;/h5-6,8,11,16H,2-4,7,9H2,1H3,(H,17,18);1H. The van der Waals surface area contributed by atoms with Crippen LogP contribution >= 0.6 is 35.8 Å². The molecule has 0 aliphatic carbocycles.